The molecule has 2 aliphatic carbocycles. The Hall–Kier alpha value is -1.95. The molecule has 1 aromatic rings. The average Bonchev–Trinajstić information content (AvgIpc) is 2.73. The number of carbonyl (C=O) groups is 2. The van der Waals surface area contributed by atoms with E-state index >= 15 is 0 Å². The van der Waals surface area contributed by atoms with Crippen molar-refractivity contribution >= 4 is 11.8 Å². The molecule has 0 aliphatic heterocycles. The van der Waals surface area contributed by atoms with Gasteiger partial charge in [0.2, 0.25) is 11.8 Å². The van der Waals surface area contributed by atoms with E-state index in [0.29, 0.717) is 13.0 Å². The van der Waals surface area contributed by atoms with Crippen molar-refractivity contribution in [1.29, 1.82) is 0 Å². The minimum absolute atomic E-state index is 0.0231. The Kier molecular flexibility index (Phi) is 7.87. The molecule has 0 bridgehead atoms. The molecule has 2 aliphatic rings. The number of nitrogens with zero attached hydrogens (tertiary/aromatic N) is 1. The van der Waals surface area contributed by atoms with Gasteiger partial charge >= 0.3 is 0 Å². The van der Waals surface area contributed by atoms with Crippen molar-refractivity contribution in [3.63, 3.8) is 0 Å². The van der Waals surface area contributed by atoms with Crippen LogP contribution >= 0.6 is 0 Å². The summed E-state index contributed by atoms with van der Waals surface area (Å²) >= 11 is 0. The predicted octanol–water partition coefficient (Wildman–Crippen LogP) is 4.08. The second-order valence-corrected chi connectivity index (χ2v) is 12.0. The van der Waals surface area contributed by atoms with Gasteiger partial charge in [-0.15, -0.1) is 0 Å². The SMILES string of the molecule is C[C@@H]1[C@@H]2[C@@H](O)[C@@H]([C@H](C)C(=O)NCc3cccnc3)CC[C@]2(C)CC[C@@H]1NC(=O)CC(C)(C)C. The van der Waals surface area contributed by atoms with E-state index in [1.807, 2.05) is 19.1 Å². The molecule has 0 unspecified atom stereocenters. The first kappa shape index (κ1) is 25.7. The third-order valence-corrected chi connectivity index (χ3v) is 8.17. The first-order chi connectivity index (χ1) is 15.4. The summed E-state index contributed by atoms with van der Waals surface area (Å²) in [6, 6.07) is 3.87. The molecule has 2 fully saturated rings. The van der Waals surface area contributed by atoms with Crippen LogP contribution in [0, 0.1) is 34.5 Å². The molecule has 2 saturated carbocycles. The van der Waals surface area contributed by atoms with Crippen LogP contribution in [0.2, 0.25) is 0 Å². The second kappa shape index (κ2) is 10.1. The standard InChI is InChI=1S/C27H43N3O3/c1-17(25(33)29-16-19-8-7-13-28-15-19)20-9-11-27(6)12-10-21(18(2)23(27)24(20)32)30-22(31)14-26(3,4)5/h7-8,13,15,17-18,20-21,23-24,32H,9-12,14,16H2,1-6H3,(H,29,33)(H,30,31)/t17-,18-,20+,21-,23+,24-,27+/m0/s1. The fourth-order valence-electron chi connectivity index (χ4n) is 6.28. The van der Waals surface area contributed by atoms with Gasteiger partial charge in [0.15, 0.2) is 0 Å². The predicted molar refractivity (Wildman–Crippen MR) is 130 cm³/mol. The largest absolute Gasteiger partial charge is 0.392 e. The molecule has 0 aromatic carbocycles. The third kappa shape index (κ3) is 6.14. The molecule has 7 atom stereocenters. The van der Waals surface area contributed by atoms with Gasteiger partial charge in [-0.1, -0.05) is 47.6 Å². The lowest BCUT2D eigenvalue weighted by molar-refractivity contribution is -0.144. The van der Waals surface area contributed by atoms with Crippen molar-refractivity contribution in [3.05, 3.63) is 30.1 Å². The number of pyridine rings is 1. The molecule has 3 N–H and O–H groups in total. The van der Waals surface area contributed by atoms with Gasteiger partial charge in [0.1, 0.15) is 0 Å². The number of hydrogen-bond acceptors (Lipinski definition) is 4. The van der Waals surface area contributed by atoms with E-state index in [9.17, 15) is 14.7 Å². The van der Waals surface area contributed by atoms with Gasteiger partial charge < -0.3 is 15.7 Å². The number of nitrogens with one attached hydrogen (secondary N) is 2. The van der Waals surface area contributed by atoms with E-state index in [1.54, 1.807) is 12.4 Å². The molecule has 6 heteroatoms. The summed E-state index contributed by atoms with van der Waals surface area (Å²) < 4.78 is 0. The van der Waals surface area contributed by atoms with Crippen LogP contribution < -0.4 is 10.6 Å². The van der Waals surface area contributed by atoms with Gasteiger partial charge in [0.05, 0.1) is 6.10 Å². The molecule has 184 valence electrons. The van der Waals surface area contributed by atoms with Crippen molar-refractivity contribution in [1.82, 2.24) is 15.6 Å². The average molecular weight is 458 g/mol. The lowest BCUT2D eigenvalue weighted by Gasteiger charge is -2.56. The fourth-order valence-corrected chi connectivity index (χ4v) is 6.28. The smallest absolute Gasteiger partial charge is 0.223 e. The second-order valence-electron chi connectivity index (χ2n) is 12.0. The van der Waals surface area contributed by atoms with Crippen LogP contribution in [-0.2, 0) is 16.1 Å². The molecule has 2 amide bonds. The summed E-state index contributed by atoms with van der Waals surface area (Å²) in [6.45, 7) is 13.1. The zero-order chi connectivity index (χ0) is 24.4. The van der Waals surface area contributed by atoms with Gasteiger partial charge in [-0.2, -0.15) is 0 Å². The van der Waals surface area contributed by atoms with Crippen molar-refractivity contribution in [2.24, 2.45) is 34.5 Å². The molecule has 1 heterocycles. The molecular formula is C27H43N3O3. The Labute approximate surface area is 199 Å². The maximum absolute atomic E-state index is 12.9. The fraction of sp³-hybridized carbons (Fsp3) is 0.741. The van der Waals surface area contributed by atoms with Crippen LogP contribution in [-0.4, -0.2) is 34.1 Å². The molecule has 0 spiro atoms. The van der Waals surface area contributed by atoms with Crippen molar-refractivity contribution < 1.29 is 14.7 Å². The Bertz CT molecular complexity index is 822. The van der Waals surface area contributed by atoms with Crippen LogP contribution in [0.25, 0.3) is 0 Å². The molecule has 0 radical (unpaired) electrons. The summed E-state index contributed by atoms with van der Waals surface area (Å²) in [5.74, 6) is -0.0553. The topological polar surface area (TPSA) is 91.3 Å². The molecule has 3 rings (SSSR count). The minimum atomic E-state index is -0.555. The lowest BCUT2D eigenvalue weighted by Crippen LogP contribution is -2.58. The van der Waals surface area contributed by atoms with E-state index in [-0.39, 0.29) is 52.4 Å². The molecule has 33 heavy (non-hydrogen) atoms. The quantitative estimate of drug-likeness (QED) is 0.600. The van der Waals surface area contributed by atoms with Crippen LogP contribution in [0.4, 0.5) is 0 Å². The number of aliphatic hydroxyl groups is 1. The maximum atomic E-state index is 12.9. The highest BCUT2D eigenvalue weighted by atomic mass is 16.3. The number of fused-ring (bicyclic) bond motifs is 1. The van der Waals surface area contributed by atoms with E-state index in [0.717, 1.165) is 31.2 Å². The molecule has 1 aromatic heterocycles. The monoisotopic (exact) mass is 457 g/mol. The van der Waals surface area contributed by atoms with Gasteiger partial charge in [-0.05, 0) is 65.9 Å². The Morgan fingerprint density at radius 2 is 1.97 bits per heavy atom. The van der Waals surface area contributed by atoms with Crippen molar-refractivity contribution in [2.75, 3.05) is 0 Å². The molecule has 0 saturated heterocycles. The van der Waals surface area contributed by atoms with Crippen LogP contribution in [0.5, 0.6) is 0 Å². The summed E-state index contributed by atoms with van der Waals surface area (Å²) in [6.07, 6.45) is 7.21. The van der Waals surface area contributed by atoms with E-state index < -0.39 is 6.10 Å². The minimum Gasteiger partial charge on any atom is -0.392 e. The third-order valence-electron chi connectivity index (χ3n) is 8.17. The number of aromatic nitrogens is 1. The van der Waals surface area contributed by atoms with Gasteiger partial charge in [0, 0.05) is 37.3 Å². The maximum Gasteiger partial charge on any atom is 0.223 e. The van der Waals surface area contributed by atoms with E-state index in [2.05, 4.69) is 50.2 Å². The Morgan fingerprint density at radius 1 is 1.27 bits per heavy atom. The molecular weight excluding hydrogens is 414 g/mol. The highest BCUT2D eigenvalue weighted by Gasteiger charge is 2.53. The number of carbonyl (C=O) groups excluding carboxylic acids is 2. The summed E-state index contributed by atoms with van der Waals surface area (Å²) in [7, 11) is 0. The molecule has 6 nitrogen and oxygen atoms in total. The Balaban J connectivity index is 1.65. The van der Waals surface area contributed by atoms with Gasteiger partial charge in [-0.25, -0.2) is 0 Å². The van der Waals surface area contributed by atoms with E-state index in [1.165, 1.54) is 0 Å². The van der Waals surface area contributed by atoms with E-state index in [4.69, 9.17) is 0 Å². The van der Waals surface area contributed by atoms with Crippen molar-refractivity contribution in [2.45, 2.75) is 92.3 Å². The number of rotatable bonds is 6. The Morgan fingerprint density at radius 3 is 2.61 bits per heavy atom. The number of aliphatic hydroxyl groups excluding tert-OH is 1. The number of amides is 2. The zero-order valence-electron chi connectivity index (χ0n) is 21.2. The van der Waals surface area contributed by atoms with Crippen LogP contribution in [0.3, 0.4) is 0 Å². The zero-order valence-corrected chi connectivity index (χ0v) is 21.2. The summed E-state index contributed by atoms with van der Waals surface area (Å²) in [5.41, 5.74) is 0.960. The highest BCUT2D eigenvalue weighted by molar-refractivity contribution is 5.78. The van der Waals surface area contributed by atoms with Crippen LogP contribution in [0.1, 0.15) is 79.2 Å². The number of hydrogen-bond donors (Lipinski definition) is 3. The normalized spacial score (nSPS) is 33.0. The first-order valence-electron chi connectivity index (χ1n) is 12.6. The highest BCUT2D eigenvalue weighted by Crippen LogP contribution is 2.55. The van der Waals surface area contributed by atoms with Crippen molar-refractivity contribution in [3.8, 4) is 0 Å². The first-order valence-corrected chi connectivity index (χ1v) is 12.6. The van der Waals surface area contributed by atoms with Crippen LogP contribution in [0.15, 0.2) is 24.5 Å². The van der Waals surface area contributed by atoms with Gasteiger partial charge in [-0.3, -0.25) is 14.6 Å². The lowest BCUT2D eigenvalue weighted by atomic mass is 9.51. The summed E-state index contributed by atoms with van der Waals surface area (Å²) in [4.78, 5) is 29.6. The summed E-state index contributed by atoms with van der Waals surface area (Å²) in [5, 5.41) is 17.8. The van der Waals surface area contributed by atoms with Gasteiger partial charge in [0.25, 0.3) is 0 Å².